The molecular formula is C23H22N8. The zero-order valence-electron chi connectivity index (χ0n) is 17.4. The maximum atomic E-state index is 4.65. The highest BCUT2D eigenvalue weighted by Crippen LogP contribution is 2.29. The number of aromatic amines is 1. The molecule has 5 rings (SSSR count). The van der Waals surface area contributed by atoms with Gasteiger partial charge in [0.15, 0.2) is 11.5 Å². The fourth-order valence-corrected chi connectivity index (χ4v) is 3.66. The van der Waals surface area contributed by atoms with E-state index in [4.69, 9.17) is 0 Å². The van der Waals surface area contributed by atoms with E-state index in [2.05, 4.69) is 79.3 Å². The predicted molar refractivity (Wildman–Crippen MR) is 119 cm³/mol. The molecular weight excluding hydrogens is 388 g/mol. The Morgan fingerprint density at radius 1 is 1.00 bits per heavy atom. The molecule has 0 aliphatic heterocycles. The number of nitrogens with zero attached hydrogens (tertiary/aromatic N) is 6. The summed E-state index contributed by atoms with van der Waals surface area (Å²) in [4.78, 5) is 4.65. The van der Waals surface area contributed by atoms with Crippen molar-refractivity contribution in [2.45, 2.75) is 26.8 Å². The second kappa shape index (κ2) is 7.98. The summed E-state index contributed by atoms with van der Waals surface area (Å²) in [6.07, 6.45) is 0.879. The highest BCUT2D eigenvalue weighted by Gasteiger charge is 2.11. The Bertz CT molecular complexity index is 1320. The monoisotopic (exact) mass is 410 g/mol. The van der Waals surface area contributed by atoms with E-state index < -0.39 is 0 Å². The lowest BCUT2D eigenvalue weighted by atomic mass is 9.98. The number of nitrogens with one attached hydrogen (secondary N) is 2. The number of H-pyrrole nitrogens is 1. The lowest BCUT2D eigenvalue weighted by Crippen LogP contribution is -2.07. The van der Waals surface area contributed by atoms with Crippen LogP contribution in [0.1, 0.15) is 23.9 Å². The van der Waals surface area contributed by atoms with Gasteiger partial charge in [0, 0.05) is 29.9 Å². The van der Waals surface area contributed by atoms with Crippen LogP contribution >= 0.6 is 0 Å². The van der Waals surface area contributed by atoms with Crippen molar-refractivity contribution in [1.29, 1.82) is 0 Å². The Kier molecular flexibility index (Phi) is 4.87. The maximum absolute atomic E-state index is 4.65. The molecule has 0 aliphatic carbocycles. The second-order valence-electron chi connectivity index (χ2n) is 7.39. The van der Waals surface area contributed by atoms with E-state index in [1.807, 2.05) is 35.7 Å². The van der Waals surface area contributed by atoms with Gasteiger partial charge in [-0.25, -0.2) is 10.1 Å². The van der Waals surface area contributed by atoms with Crippen molar-refractivity contribution < 1.29 is 0 Å². The summed E-state index contributed by atoms with van der Waals surface area (Å²) in [5.74, 6) is 1.60. The summed E-state index contributed by atoms with van der Waals surface area (Å²) in [6.45, 7) is 4.78. The van der Waals surface area contributed by atoms with Gasteiger partial charge in [0.2, 0.25) is 0 Å². The van der Waals surface area contributed by atoms with E-state index in [-0.39, 0.29) is 0 Å². The molecule has 0 fully saturated rings. The summed E-state index contributed by atoms with van der Waals surface area (Å²) < 4.78 is 1.87. The molecule has 0 saturated carbocycles. The molecule has 8 heteroatoms. The van der Waals surface area contributed by atoms with Crippen molar-refractivity contribution >= 4 is 11.5 Å². The van der Waals surface area contributed by atoms with Gasteiger partial charge in [0.05, 0.1) is 5.69 Å². The van der Waals surface area contributed by atoms with Gasteiger partial charge in [0.25, 0.3) is 0 Å². The van der Waals surface area contributed by atoms with Crippen molar-refractivity contribution in [2.24, 2.45) is 0 Å². The molecule has 0 saturated heterocycles. The van der Waals surface area contributed by atoms with Gasteiger partial charge in [-0.2, -0.15) is 9.61 Å². The molecule has 31 heavy (non-hydrogen) atoms. The summed E-state index contributed by atoms with van der Waals surface area (Å²) in [7, 11) is 0. The molecule has 0 bridgehead atoms. The quantitative estimate of drug-likeness (QED) is 0.438. The molecule has 154 valence electrons. The molecule has 3 heterocycles. The standard InChI is InChI=1S/C23H22N8/c1-3-18-13-21(31-22(25-18)12-15(2)28-31)24-14-16-8-10-17(11-9-16)19-6-4-5-7-20(19)23-26-29-30-27-23/h4-13,24H,3,14H2,1-2H3,(H,26,27,29,30). The number of aryl methyl sites for hydroxylation is 2. The Morgan fingerprint density at radius 3 is 2.55 bits per heavy atom. The van der Waals surface area contributed by atoms with Crippen LogP contribution in [-0.4, -0.2) is 35.2 Å². The maximum Gasteiger partial charge on any atom is 0.180 e. The van der Waals surface area contributed by atoms with Crippen LogP contribution in [0, 0.1) is 6.92 Å². The van der Waals surface area contributed by atoms with E-state index in [1.54, 1.807) is 0 Å². The first-order chi connectivity index (χ1) is 15.2. The van der Waals surface area contributed by atoms with Crippen LogP contribution in [0.5, 0.6) is 0 Å². The van der Waals surface area contributed by atoms with Crippen LogP contribution in [0.4, 0.5) is 5.82 Å². The minimum atomic E-state index is 0.657. The summed E-state index contributed by atoms with van der Waals surface area (Å²) >= 11 is 0. The molecule has 3 aromatic heterocycles. The Hall–Kier alpha value is -4.07. The third-order valence-electron chi connectivity index (χ3n) is 5.23. The van der Waals surface area contributed by atoms with Crippen molar-refractivity contribution in [1.82, 2.24) is 35.2 Å². The van der Waals surface area contributed by atoms with Crippen molar-refractivity contribution in [3.63, 3.8) is 0 Å². The molecule has 0 spiro atoms. The molecule has 0 atom stereocenters. The first kappa shape index (κ1) is 18.9. The smallest absolute Gasteiger partial charge is 0.180 e. The number of hydrogen-bond donors (Lipinski definition) is 2. The Morgan fingerprint density at radius 2 is 1.81 bits per heavy atom. The van der Waals surface area contributed by atoms with E-state index in [9.17, 15) is 0 Å². The lowest BCUT2D eigenvalue weighted by molar-refractivity contribution is 0.881. The van der Waals surface area contributed by atoms with Crippen LogP contribution in [0.3, 0.4) is 0 Å². The SMILES string of the molecule is CCc1cc(NCc2ccc(-c3ccccc3-c3nnn[nH]3)cc2)n2nc(C)cc2n1. The number of benzene rings is 2. The number of hydrogen-bond acceptors (Lipinski definition) is 6. The molecule has 8 nitrogen and oxygen atoms in total. The minimum absolute atomic E-state index is 0.657. The van der Waals surface area contributed by atoms with Crippen LogP contribution in [0.2, 0.25) is 0 Å². The number of fused-ring (bicyclic) bond motifs is 1. The lowest BCUT2D eigenvalue weighted by Gasteiger charge is -2.11. The Labute approximate surface area is 179 Å². The van der Waals surface area contributed by atoms with Crippen LogP contribution in [0.25, 0.3) is 28.2 Å². The molecule has 5 aromatic rings. The topological polar surface area (TPSA) is 96.7 Å². The summed E-state index contributed by atoms with van der Waals surface area (Å²) in [5, 5.41) is 22.4. The highest BCUT2D eigenvalue weighted by molar-refractivity contribution is 5.80. The summed E-state index contributed by atoms with van der Waals surface area (Å²) in [6, 6.07) is 20.7. The predicted octanol–water partition coefficient (Wildman–Crippen LogP) is 4.06. The average Bonchev–Trinajstić information content (AvgIpc) is 3.47. The van der Waals surface area contributed by atoms with E-state index >= 15 is 0 Å². The van der Waals surface area contributed by atoms with Crippen LogP contribution in [0.15, 0.2) is 60.7 Å². The van der Waals surface area contributed by atoms with Crippen molar-refractivity contribution in [2.75, 3.05) is 5.32 Å². The molecule has 0 unspecified atom stereocenters. The third-order valence-corrected chi connectivity index (χ3v) is 5.23. The van der Waals surface area contributed by atoms with Crippen molar-refractivity contribution in [3.8, 4) is 22.5 Å². The van der Waals surface area contributed by atoms with Crippen molar-refractivity contribution in [3.05, 3.63) is 77.6 Å². The van der Waals surface area contributed by atoms with Gasteiger partial charge >= 0.3 is 0 Å². The number of rotatable bonds is 6. The van der Waals surface area contributed by atoms with Crippen LogP contribution < -0.4 is 5.32 Å². The zero-order valence-corrected chi connectivity index (χ0v) is 17.4. The first-order valence-corrected chi connectivity index (χ1v) is 10.2. The van der Waals surface area contributed by atoms with Gasteiger partial charge in [-0.3, -0.25) is 0 Å². The third kappa shape index (κ3) is 3.75. The molecule has 0 aliphatic rings. The van der Waals surface area contributed by atoms with Gasteiger partial charge < -0.3 is 5.32 Å². The van der Waals surface area contributed by atoms with Gasteiger partial charge in [-0.1, -0.05) is 55.5 Å². The first-order valence-electron chi connectivity index (χ1n) is 10.2. The molecule has 2 aromatic carbocycles. The molecule has 0 amide bonds. The normalized spacial score (nSPS) is 11.2. The average molecular weight is 410 g/mol. The largest absolute Gasteiger partial charge is 0.366 e. The van der Waals surface area contributed by atoms with E-state index in [1.165, 1.54) is 5.56 Å². The highest BCUT2D eigenvalue weighted by atomic mass is 15.5. The molecule has 0 radical (unpaired) electrons. The van der Waals surface area contributed by atoms with E-state index in [0.717, 1.165) is 46.0 Å². The van der Waals surface area contributed by atoms with Gasteiger partial charge in [0.1, 0.15) is 5.82 Å². The van der Waals surface area contributed by atoms with E-state index in [0.29, 0.717) is 12.4 Å². The number of aromatic nitrogens is 7. The van der Waals surface area contributed by atoms with Gasteiger partial charge in [-0.15, -0.1) is 5.10 Å². The number of anilines is 1. The summed E-state index contributed by atoms with van der Waals surface area (Å²) in [5.41, 5.74) is 7.20. The zero-order chi connectivity index (χ0) is 21.2. The van der Waals surface area contributed by atoms with Gasteiger partial charge in [-0.05, 0) is 40.5 Å². The fraction of sp³-hybridized carbons (Fsp3) is 0.174. The number of tetrazole rings is 1. The molecule has 2 N–H and O–H groups in total. The van der Waals surface area contributed by atoms with Crippen LogP contribution in [-0.2, 0) is 13.0 Å². The Balaban J connectivity index is 1.39. The minimum Gasteiger partial charge on any atom is -0.366 e. The second-order valence-corrected chi connectivity index (χ2v) is 7.39. The fourth-order valence-electron chi connectivity index (χ4n) is 3.66.